The molecule has 0 aliphatic carbocycles. The van der Waals surface area contributed by atoms with Gasteiger partial charge in [-0.1, -0.05) is 31.5 Å². The number of nitrogens with one attached hydrogen (secondary N) is 1. The Labute approximate surface area is 148 Å². The fraction of sp³-hybridized carbons (Fsp3) is 0.526. The van der Waals surface area contributed by atoms with E-state index in [0.29, 0.717) is 31.2 Å². The molecule has 2 aromatic rings. The Morgan fingerprint density at radius 2 is 2.12 bits per heavy atom. The molecule has 0 saturated heterocycles. The van der Waals surface area contributed by atoms with Gasteiger partial charge in [-0.3, -0.25) is 4.79 Å². The van der Waals surface area contributed by atoms with Crippen LogP contribution in [0.2, 0.25) is 0 Å². The molecule has 2 heterocycles. The molecule has 1 aromatic carbocycles. The number of rotatable bonds is 5. The Morgan fingerprint density at radius 3 is 2.84 bits per heavy atom. The van der Waals surface area contributed by atoms with Gasteiger partial charge >= 0.3 is 0 Å². The standard InChI is InChI=1S/C19H25N3O3/c1-11(2)19-22-21-17(25-19)6-5-16(23)20-15-7-8-24-18-13(4)9-12(3)10-14(15)18/h9-11,15H,5-8H2,1-4H3,(H,20,23)/t15-/m1/s1. The van der Waals surface area contributed by atoms with Gasteiger partial charge in [-0.15, -0.1) is 10.2 Å². The molecule has 0 spiro atoms. The Balaban J connectivity index is 1.62. The van der Waals surface area contributed by atoms with Crippen LogP contribution in [0.1, 0.15) is 67.1 Å². The normalized spacial score (nSPS) is 16.4. The van der Waals surface area contributed by atoms with Crippen LogP contribution in [0.15, 0.2) is 16.5 Å². The second kappa shape index (κ2) is 7.25. The molecule has 0 unspecified atom stereocenters. The van der Waals surface area contributed by atoms with Crippen LogP contribution in [-0.4, -0.2) is 22.7 Å². The summed E-state index contributed by atoms with van der Waals surface area (Å²) in [6.45, 7) is 8.71. The molecule has 25 heavy (non-hydrogen) atoms. The number of nitrogens with zero attached hydrogens (tertiary/aromatic N) is 2. The first-order valence-electron chi connectivity index (χ1n) is 8.79. The third kappa shape index (κ3) is 4.00. The van der Waals surface area contributed by atoms with Gasteiger partial charge in [0, 0.05) is 30.7 Å². The fourth-order valence-electron chi connectivity index (χ4n) is 3.12. The minimum Gasteiger partial charge on any atom is -0.493 e. The van der Waals surface area contributed by atoms with E-state index in [2.05, 4.69) is 34.6 Å². The van der Waals surface area contributed by atoms with Crippen molar-refractivity contribution in [2.24, 2.45) is 0 Å². The zero-order valence-electron chi connectivity index (χ0n) is 15.3. The van der Waals surface area contributed by atoms with Crippen molar-refractivity contribution < 1.29 is 13.9 Å². The largest absolute Gasteiger partial charge is 0.493 e. The van der Waals surface area contributed by atoms with Crippen molar-refractivity contribution in [1.29, 1.82) is 0 Å². The van der Waals surface area contributed by atoms with E-state index in [1.165, 1.54) is 5.56 Å². The lowest BCUT2D eigenvalue weighted by atomic mass is 9.95. The van der Waals surface area contributed by atoms with Crippen LogP contribution in [0.4, 0.5) is 0 Å². The van der Waals surface area contributed by atoms with Gasteiger partial charge in [-0.05, 0) is 19.4 Å². The van der Waals surface area contributed by atoms with Crippen molar-refractivity contribution in [3.8, 4) is 5.75 Å². The fourth-order valence-corrected chi connectivity index (χ4v) is 3.12. The van der Waals surface area contributed by atoms with Gasteiger partial charge in [0.25, 0.3) is 0 Å². The number of carbonyl (C=O) groups excluding carboxylic acids is 1. The Hall–Kier alpha value is -2.37. The lowest BCUT2D eigenvalue weighted by molar-refractivity contribution is -0.122. The first kappa shape index (κ1) is 17.5. The van der Waals surface area contributed by atoms with E-state index in [1.54, 1.807) is 0 Å². The zero-order chi connectivity index (χ0) is 18.0. The van der Waals surface area contributed by atoms with Gasteiger partial charge in [-0.25, -0.2) is 0 Å². The lowest BCUT2D eigenvalue weighted by Crippen LogP contribution is -2.32. The maximum atomic E-state index is 12.4. The Morgan fingerprint density at radius 1 is 1.32 bits per heavy atom. The van der Waals surface area contributed by atoms with Crippen molar-refractivity contribution in [2.45, 2.75) is 58.9 Å². The Kier molecular flexibility index (Phi) is 5.06. The van der Waals surface area contributed by atoms with Crippen LogP contribution in [-0.2, 0) is 11.2 Å². The molecule has 0 bridgehead atoms. The summed E-state index contributed by atoms with van der Waals surface area (Å²) >= 11 is 0. The molecular weight excluding hydrogens is 318 g/mol. The van der Waals surface area contributed by atoms with Crippen molar-refractivity contribution in [3.05, 3.63) is 40.6 Å². The summed E-state index contributed by atoms with van der Waals surface area (Å²) in [6, 6.07) is 4.19. The molecule has 0 fully saturated rings. The lowest BCUT2D eigenvalue weighted by Gasteiger charge is -2.28. The number of benzene rings is 1. The highest BCUT2D eigenvalue weighted by Crippen LogP contribution is 2.35. The maximum absolute atomic E-state index is 12.4. The molecule has 3 rings (SSSR count). The molecular formula is C19H25N3O3. The van der Waals surface area contributed by atoms with E-state index in [-0.39, 0.29) is 17.9 Å². The van der Waals surface area contributed by atoms with Crippen molar-refractivity contribution in [3.63, 3.8) is 0 Å². The minimum absolute atomic E-state index is 0.0104. The summed E-state index contributed by atoms with van der Waals surface area (Å²) < 4.78 is 11.3. The van der Waals surface area contributed by atoms with Gasteiger partial charge in [0.05, 0.1) is 12.6 Å². The molecule has 0 saturated carbocycles. The van der Waals surface area contributed by atoms with Gasteiger partial charge in [0.15, 0.2) is 0 Å². The second-order valence-electron chi connectivity index (χ2n) is 6.95. The quantitative estimate of drug-likeness (QED) is 0.900. The zero-order valence-corrected chi connectivity index (χ0v) is 15.3. The van der Waals surface area contributed by atoms with Crippen LogP contribution in [0, 0.1) is 13.8 Å². The summed E-state index contributed by atoms with van der Waals surface area (Å²) in [5, 5.41) is 11.1. The summed E-state index contributed by atoms with van der Waals surface area (Å²) in [5.74, 6) is 2.21. The summed E-state index contributed by atoms with van der Waals surface area (Å²) in [7, 11) is 0. The number of aryl methyl sites for hydroxylation is 3. The van der Waals surface area contributed by atoms with Crippen LogP contribution in [0.5, 0.6) is 5.75 Å². The summed E-state index contributed by atoms with van der Waals surface area (Å²) in [5.41, 5.74) is 3.35. The predicted octanol–water partition coefficient (Wildman–Crippen LogP) is 3.38. The highest BCUT2D eigenvalue weighted by atomic mass is 16.5. The number of carbonyl (C=O) groups is 1. The number of hydrogen-bond donors (Lipinski definition) is 1. The van der Waals surface area contributed by atoms with E-state index in [9.17, 15) is 4.79 Å². The minimum atomic E-state index is -0.0127. The smallest absolute Gasteiger partial charge is 0.220 e. The van der Waals surface area contributed by atoms with Crippen molar-refractivity contribution >= 4 is 5.91 Å². The highest BCUT2D eigenvalue weighted by Gasteiger charge is 2.24. The number of amides is 1. The van der Waals surface area contributed by atoms with Gasteiger partial charge in [0.2, 0.25) is 17.7 Å². The molecule has 1 aliphatic heterocycles. The molecule has 1 aliphatic rings. The van der Waals surface area contributed by atoms with Crippen LogP contribution < -0.4 is 10.1 Å². The third-order valence-corrected chi connectivity index (χ3v) is 4.35. The van der Waals surface area contributed by atoms with E-state index < -0.39 is 0 Å². The van der Waals surface area contributed by atoms with Crippen LogP contribution >= 0.6 is 0 Å². The maximum Gasteiger partial charge on any atom is 0.220 e. The topological polar surface area (TPSA) is 77.3 Å². The van der Waals surface area contributed by atoms with E-state index in [4.69, 9.17) is 9.15 Å². The molecule has 6 heteroatoms. The van der Waals surface area contributed by atoms with Gasteiger partial charge < -0.3 is 14.5 Å². The average Bonchev–Trinajstić information content (AvgIpc) is 3.03. The molecule has 1 aromatic heterocycles. The van der Waals surface area contributed by atoms with Crippen LogP contribution in [0.3, 0.4) is 0 Å². The average molecular weight is 343 g/mol. The first-order valence-corrected chi connectivity index (χ1v) is 8.79. The van der Waals surface area contributed by atoms with E-state index in [0.717, 1.165) is 23.3 Å². The number of ether oxygens (including phenoxy) is 1. The first-order chi connectivity index (χ1) is 11.9. The number of fused-ring (bicyclic) bond motifs is 1. The molecule has 1 N–H and O–H groups in total. The monoisotopic (exact) mass is 343 g/mol. The predicted molar refractivity (Wildman–Crippen MR) is 93.6 cm³/mol. The van der Waals surface area contributed by atoms with E-state index >= 15 is 0 Å². The van der Waals surface area contributed by atoms with Crippen LogP contribution in [0.25, 0.3) is 0 Å². The third-order valence-electron chi connectivity index (χ3n) is 4.35. The second-order valence-corrected chi connectivity index (χ2v) is 6.95. The summed E-state index contributed by atoms with van der Waals surface area (Å²) in [4.78, 5) is 12.4. The molecule has 1 atom stereocenters. The molecule has 1 amide bonds. The summed E-state index contributed by atoms with van der Waals surface area (Å²) in [6.07, 6.45) is 1.56. The Bertz CT molecular complexity index is 767. The highest BCUT2D eigenvalue weighted by molar-refractivity contribution is 5.76. The van der Waals surface area contributed by atoms with Gasteiger partial charge in [-0.2, -0.15) is 0 Å². The SMILES string of the molecule is Cc1cc(C)c2c(c1)[C@H](NC(=O)CCc1nnc(C(C)C)o1)CCO2. The number of hydrogen-bond acceptors (Lipinski definition) is 5. The molecule has 0 radical (unpaired) electrons. The van der Waals surface area contributed by atoms with Crippen molar-refractivity contribution in [1.82, 2.24) is 15.5 Å². The molecule has 134 valence electrons. The number of aromatic nitrogens is 2. The van der Waals surface area contributed by atoms with E-state index in [1.807, 2.05) is 20.8 Å². The molecule has 6 nitrogen and oxygen atoms in total. The van der Waals surface area contributed by atoms with Gasteiger partial charge in [0.1, 0.15) is 5.75 Å². The van der Waals surface area contributed by atoms with Crippen molar-refractivity contribution in [2.75, 3.05) is 6.61 Å².